The van der Waals surface area contributed by atoms with Crippen molar-refractivity contribution in [2.45, 2.75) is 6.18 Å². The lowest BCUT2D eigenvalue weighted by Crippen LogP contribution is -2.25. The number of benzene rings is 2. The summed E-state index contributed by atoms with van der Waals surface area (Å²) in [5, 5.41) is 0. The number of imidazole rings is 1. The second-order valence-electron chi connectivity index (χ2n) is 5.98. The van der Waals surface area contributed by atoms with E-state index in [1.54, 1.807) is 48.5 Å². The molecular weight excluding hydrogens is 373 g/mol. The first-order valence-corrected chi connectivity index (χ1v) is 8.23. The highest BCUT2D eigenvalue weighted by Gasteiger charge is 2.43. The standard InChI is InChI=1S/C20H17F3N2O3/c1-25-17(13-6-10-15(28-3)11-7-13)16(12-4-8-14(27-2)9-5-12)24-19(25)18(26)20(21,22)23/h4-11H,1-3H3. The molecule has 0 spiro atoms. The van der Waals surface area contributed by atoms with E-state index in [1.807, 2.05) is 0 Å². The van der Waals surface area contributed by atoms with Crippen molar-refractivity contribution in [2.24, 2.45) is 7.05 Å². The minimum Gasteiger partial charge on any atom is -0.497 e. The quantitative estimate of drug-likeness (QED) is 0.602. The third-order valence-corrected chi connectivity index (χ3v) is 4.28. The fourth-order valence-electron chi connectivity index (χ4n) is 2.86. The average Bonchev–Trinajstić information content (AvgIpc) is 3.03. The number of nitrogens with zero attached hydrogens (tertiary/aromatic N) is 2. The van der Waals surface area contributed by atoms with Gasteiger partial charge >= 0.3 is 12.0 Å². The highest BCUT2D eigenvalue weighted by molar-refractivity contribution is 5.99. The van der Waals surface area contributed by atoms with Gasteiger partial charge < -0.3 is 14.0 Å². The van der Waals surface area contributed by atoms with Gasteiger partial charge in [0.05, 0.1) is 25.6 Å². The number of ether oxygens (including phenoxy) is 2. The molecule has 146 valence electrons. The first-order chi connectivity index (χ1) is 13.3. The maximum absolute atomic E-state index is 13.0. The van der Waals surface area contributed by atoms with E-state index in [2.05, 4.69) is 4.98 Å². The van der Waals surface area contributed by atoms with E-state index in [0.717, 1.165) is 4.57 Å². The van der Waals surface area contributed by atoms with Gasteiger partial charge in [-0.05, 0) is 48.5 Å². The first kappa shape index (κ1) is 19.5. The molecule has 1 aromatic heterocycles. The van der Waals surface area contributed by atoms with Crippen molar-refractivity contribution in [1.82, 2.24) is 9.55 Å². The Morgan fingerprint density at radius 3 is 1.79 bits per heavy atom. The molecule has 1 heterocycles. The van der Waals surface area contributed by atoms with Crippen molar-refractivity contribution in [1.29, 1.82) is 0 Å². The van der Waals surface area contributed by atoms with Crippen LogP contribution in [-0.4, -0.2) is 35.7 Å². The number of hydrogen-bond acceptors (Lipinski definition) is 4. The van der Waals surface area contributed by atoms with Crippen LogP contribution in [0.5, 0.6) is 11.5 Å². The number of methoxy groups -OCH3 is 2. The summed E-state index contributed by atoms with van der Waals surface area (Å²) in [5.41, 5.74) is 1.81. The molecule has 0 saturated carbocycles. The maximum Gasteiger partial charge on any atom is 0.458 e. The van der Waals surface area contributed by atoms with E-state index in [0.29, 0.717) is 28.3 Å². The number of aromatic nitrogens is 2. The van der Waals surface area contributed by atoms with Crippen LogP contribution in [0.2, 0.25) is 0 Å². The van der Waals surface area contributed by atoms with Gasteiger partial charge in [0, 0.05) is 18.2 Å². The zero-order chi connectivity index (χ0) is 20.5. The molecule has 8 heteroatoms. The van der Waals surface area contributed by atoms with Crippen molar-refractivity contribution < 1.29 is 27.4 Å². The Bertz CT molecular complexity index is 991. The summed E-state index contributed by atoms with van der Waals surface area (Å²) in [6.45, 7) is 0. The molecule has 0 saturated heterocycles. The number of rotatable bonds is 5. The van der Waals surface area contributed by atoms with Gasteiger partial charge in [0.15, 0.2) is 5.82 Å². The van der Waals surface area contributed by atoms with E-state index in [1.165, 1.54) is 21.3 Å². The Hall–Kier alpha value is -3.29. The number of halogens is 3. The van der Waals surface area contributed by atoms with Gasteiger partial charge in [0.2, 0.25) is 0 Å². The summed E-state index contributed by atoms with van der Waals surface area (Å²) in [6, 6.07) is 13.5. The Labute approximate surface area is 159 Å². The number of carbonyl (C=O) groups is 1. The van der Waals surface area contributed by atoms with Gasteiger partial charge in [0.25, 0.3) is 0 Å². The highest BCUT2D eigenvalue weighted by Crippen LogP contribution is 2.35. The van der Waals surface area contributed by atoms with E-state index < -0.39 is 17.8 Å². The number of Topliss-reactive ketones (excluding diaryl/α,β-unsaturated/α-hetero) is 1. The third kappa shape index (κ3) is 3.58. The largest absolute Gasteiger partial charge is 0.497 e. The topological polar surface area (TPSA) is 53.3 Å². The fourth-order valence-corrected chi connectivity index (χ4v) is 2.86. The summed E-state index contributed by atoms with van der Waals surface area (Å²) in [6.07, 6.45) is -5.02. The Morgan fingerprint density at radius 2 is 1.36 bits per heavy atom. The smallest absolute Gasteiger partial charge is 0.458 e. The Kier molecular flexibility index (Phi) is 5.13. The minimum atomic E-state index is -5.02. The molecule has 0 aliphatic heterocycles. The molecule has 0 aliphatic carbocycles. The van der Waals surface area contributed by atoms with Crippen LogP contribution < -0.4 is 9.47 Å². The number of alkyl halides is 3. The van der Waals surface area contributed by atoms with Gasteiger partial charge in [0.1, 0.15) is 11.5 Å². The number of carbonyl (C=O) groups excluding carboxylic acids is 1. The first-order valence-electron chi connectivity index (χ1n) is 8.23. The van der Waals surface area contributed by atoms with Gasteiger partial charge in [-0.1, -0.05) is 0 Å². The molecule has 0 N–H and O–H groups in total. The lowest BCUT2D eigenvalue weighted by Gasteiger charge is -2.09. The van der Waals surface area contributed by atoms with Crippen molar-refractivity contribution in [3.63, 3.8) is 0 Å². The van der Waals surface area contributed by atoms with E-state index >= 15 is 0 Å². The number of hydrogen-bond donors (Lipinski definition) is 0. The van der Waals surface area contributed by atoms with Crippen molar-refractivity contribution >= 4 is 5.78 Å². The molecule has 28 heavy (non-hydrogen) atoms. The van der Waals surface area contributed by atoms with Crippen LogP contribution in [0.15, 0.2) is 48.5 Å². The molecule has 0 aliphatic rings. The monoisotopic (exact) mass is 390 g/mol. The van der Waals surface area contributed by atoms with E-state index in [9.17, 15) is 18.0 Å². The maximum atomic E-state index is 13.0. The minimum absolute atomic E-state index is 0.267. The summed E-state index contributed by atoms with van der Waals surface area (Å²) in [5.74, 6) is -1.48. The molecule has 2 aromatic carbocycles. The van der Waals surface area contributed by atoms with E-state index in [4.69, 9.17) is 9.47 Å². The second-order valence-corrected chi connectivity index (χ2v) is 5.98. The Balaban J connectivity index is 2.21. The lowest BCUT2D eigenvalue weighted by molar-refractivity contribution is -0.0893. The molecule has 0 radical (unpaired) electrons. The molecule has 3 aromatic rings. The second kappa shape index (κ2) is 7.38. The summed E-state index contributed by atoms with van der Waals surface area (Å²) < 4.78 is 50.5. The third-order valence-electron chi connectivity index (χ3n) is 4.28. The van der Waals surface area contributed by atoms with Gasteiger partial charge in [-0.3, -0.25) is 4.79 Å². The molecule has 0 unspecified atom stereocenters. The average molecular weight is 390 g/mol. The molecule has 5 nitrogen and oxygen atoms in total. The summed E-state index contributed by atoms with van der Waals surface area (Å²) in [4.78, 5) is 15.9. The van der Waals surface area contributed by atoms with Crippen LogP contribution >= 0.6 is 0 Å². The highest BCUT2D eigenvalue weighted by atomic mass is 19.4. The van der Waals surface area contributed by atoms with Crippen LogP contribution in [0.4, 0.5) is 13.2 Å². The van der Waals surface area contributed by atoms with Crippen LogP contribution in [0.3, 0.4) is 0 Å². The molecule has 0 atom stereocenters. The van der Waals surface area contributed by atoms with Gasteiger partial charge in [-0.2, -0.15) is 13.2 Å². The van der Waals surface area contributed by atoms with E-state index in [-0.39, 0.29) is 5.69 Å². The van der Waals surface area contributed by atoms with Crippen molar-refractivity contribution in [2.75, 3.05) is 14.2 Å². The molecular formula is C20H17F3N2O3. The van der Waals surface area contributed by atoms with Gasteiger partial charge in [-0.25, -0.2) is 4.98 Å². The SMILES string of the molecule is COc1ccc(-c2nc(C(=O)C(F)(F)F)n(C)c2-c2ccc(OC)cc2)cc1. The van der Waals surface area contributed by atoms with Crippen LogP contribution in [0.1, 0.15) is 10.6 Å². The molecule has 0 bridgehead atoms. The molecule has 3 rings (SSSR count). The van der Waals surface area contributed by atoms with Crippen LogP contribution in [0, 0.1) is 0 Å². The van der Waals surface area contributed by atoms with Crippen LogP contribution in [0.25, 0.3) is 22.5 Å². The predicted molar refractivity (Wildman–Crippen MR) is 97.6 cm³/mol. The van der Waals surface area contributed by atoms with Crippen molar-refractivity contribution in [3.05, 3.63) is 54.4 Å². The van der Waals surface area contributed by atoms with Gasteiger partial charge in [-0.15, -0.1) is 0 Å². The summed E-state index contributed by atoms with van der Waals surface area (Å²) >= 11 is 0. The zero-order valence-corrected chi connectivity index (χ0v) is 15.4. The predicted octanol–water partition coefficient (Wildman–Crippen LogP) is 4.52. The van der Waals surface area contributed by atoms with Crippen LogP contribution in [-0.2, 0) is 7.05 Å². The fraction of sp³-hybridized carbons (Fsp3) is 0.200. The Morgan fingerprint density at radius 1 is 0.893 bits per heavy atom. The summed E-state index contributed by atoms with van der Waals surface area (Å²) in [7, 11) is 4.42. The lowest BCUT2D eigenvalue weighted by atomic mass is 10.0. The van der Waals surface area contributed by atoms with Crippen molar-refractivity contribution in [3.8, 4) is 34.0 Å². The number of ketones is 1. The molecule has 0 amide bonds. The molecule has 0 fully saturated rings. The zero-order valence-electron chi connectivity index (χ0n) is 15.4. The normalized spacial score (nSPS) is 11.4.